The molecule has 0 spiro atoms. The molecule has 1 saturated carbocycles. The van der Waals surface area contributed by atoms with Crippen molar-refractivity contribution in [1.29, 1.82) is 0 Å². The van der Waals surface area contributed by atoms with E-state index in [0.29, 0.717) is 18.9 Å². The first kappa shape index (κ1) is 14.2. The van der Waals surface area contributed by atoms with Crippen LogP contribution in [0.15, 0.2) is 0 Å². The molecule has 5 heteroatoms. The first-order chi connectivity index (χ1) is 8.99. The van der Waals surface area contributed by atoms with Gasteiger partial charge in [0, 0.05) is 18.6 Å². The Labute approximate surface area is 114 Å². The molecule has 5 nitrogen and oxygen atoms in total. The van der Waals surface area contributed by atoms with E-state index in [0.717, 1.165) is 12.8 Å². The lowest BCUT2D eigenvalue weighted by atomic mass is 9.87. The van der Waals surface area contributed by atoms with Crippen molar-refractivity contribution in [3.05, 3.63) is 0 Å². The Kier molecular flexibility index (Phi) is 4.32. The molecule has 2 rings (SSSR count). The second kappa shape index (κ2) is 5.80. The van der Waals surface area contributed by atoms with Crippen molar-refractivity contribution in [3.8, 4) is 0 Å². The summed E-state index contributed by atoms with van der Waals surface area (Å²) in [6, 6.07) is -0.0406. The number of aliphatic carboxylic acids is 1. The zero-order valence-corrected chi connectivity index (χ0v) is 11.8. The molecule has 4 unspecified atom stereocenters. The smallest absolute Gasteiger partial charge is 0.317 e. The molecule has 2 aliphatic rings. The van der Waals surface area contributed by atoms with Crippen LogP contribution in [0.4, 0.5) is 4.79 Å². The summed E-state index contributed by atoms with van der Waals surface area (Å²) in [5.41, 5.74) is 0. The summed E-state index contributed by atoms with van der Waals surface area (Å²) in [5, 5.41) is 12.2. The molecule has 1 saturated heterocycles. The molecule has 0 bridgehead atoms. The summed E-state index contributed by atoms with van der Waals surface area (Å²) in [6.07, 6.45) is 5.05. The van der Waals surface area contributed by atoms with Gasteiger partial charge in [0.1, 0.15) is 0 Å². The van der Waals surface area contributed by atoms with E-state index in [2.05, 4.69) is 12.2 Å². The van der Waals surface area contributed by atoms with Gasteiger partial charge in [-0.2, -0.15) is 0 Å². The van der Waals surface area contributed by atoms with Crippen LogP contribution in [0.2, 0.25) is 0 Å². The van der Waals surface area contributed by atoms with E-state index in [1.54, 1.807) is 4.90 Å². The Balaban J connectivity index is 1.88. The van der Waals surface area contributed by atoms with Gasteiger partial charge < -0.3 is 15.3 Å². The van der Waals surface area contributed by atoms with Crippen molar-refractivity contribution in [2.24, 2.45) is 11.8 Å². The number of carbonyl (C=O) groups is 2. The quantitative estimate of drug-likeness (QED) is 0.805. The van der Waals surface area contributed by atoms with Crippen LogP contribution in [0, 0.1) is 11.8 Å². The van der Waals surface area contributed by atoms with Crippen LogP contribution in [-0.4, -0.2) is 40.6 Å². The van der Waals surface area contributed by atoms with Crippen molar-refractivity contribution >= 4 is 12.0 Å². The predicted molar refractivity (Wildman–Crippen MR) is 71.9 cm³/mol. The minimum absolute atomic E-state index is 0.0876. The van der Waals surface area contributed by atoms with E-state index in [-0.39, 0.29) is 18.1 Å². The van der Waals surface area contributed by atoms with Gasteiger partial charge in [-0.25, -0.2) is 4.79 Å². The second-order valence-corrected chi connectivity index (χ2v) is 6.09. The summed E-state index contributed by atoms with van der Waals surface area (Å²) in [7, 11) is 0. The highest BCUT2D eigenvalue weighted by Gasteiger charge is 2.38. The van der Waals surface area contributed by atoms with Crippen molar-refractivity contribution in [2.75, 3.05) is 6.54 Å². The monoisotopic (exact) mass is 268 g/mol. The number of nitrogens with zero attached hydrogens (tertiary/aromatic N) is 1. The maximum Gasteiger partial charge on any atom is 0.317 e. The SMILES string of the molecule is CC1CCCC(NC(=O)N2CCC(C(=O)O)C2C)C1. The molecular formula is C14H24N2O3. The highest BCUT2D eigenvalue weighted by molar-refractivity contribution is 5.78. The van der Waals surface area contributed by atoms with E-state index in [1.807, 2.05) is 6.92 Å². The Morgan fingerprint density at radius 1 is 1.21 bits per heavy atom. The third-order valence-electron chi connectivity index (χ3n) is 4.60. The molecule has 0 aromatic rings. The van der Waals surface area contributed by atoms with Crippen LogP contribution >= 0.6 is 0 Å². The van der Waals surface area contributed by atoms with Crippen LogP contribution in [0.25, 0.3) is 0 Å². The Hall–Kier alpha value is -1.26. The summed E-state index contributed by atoms with van der Waals surface area (Å²) < 4.78 is 0. The maximum absolute atomic E-state index is 12.2. The van der Waals surface area contributed by atoms with Crippen molar-refractivity contribution in [3.63, 3.8) is 0 Å². The Bertz CT molecular complexity index is 359. The van der Waals surface area contributed by atoms with Gasteiger partial charge in [-0.05, 0) is 32.1 Å². The molecule has 2 fully saturated rings. The summed E-state index contributed by atoms with van der Waals surface area (Å²) in [4.78, 5) is 25.0. The average molecular weight is 268 g/mol. The number of likely N-dealkylation sites (tertiary alicyclic amines) is 1. The van der Waals surface area contributed by atoms with E-state index in [4.69, 9.17) is 5.11 Å². The molecule has 0 radical (unpaired) electrons. The largest absolute Gasteiger partial charge is 0.481 e. The fraction of sp³-hybridized carbons (Fsp3) is 0.857. The third kappa shape index (κ3) is 3.19. The van der Waals surface area contributed by atoms with Gasteiger partial charge in [0.2, 0.25) is 0 Å². The number of hydrogen-bond donors (Lipinski definition) is 2. The van der Waals surface area contributed by atoms with E-state index < -0.39 is 11.9 Å². The molecule has 2 amide bonds. The molecular weight excluding hydrogens is 244 g/mol. The maximum atomic E-state index is 12.2. The second-order valence-electron chi connectivity index (χ2n) is 6.09. The zero-order valence-electron chi connectivity index (χ0n) is 11.8. The summed E-state index contributed by atoms with van der Waals surface area (Å²) in [5.74, 6) is -0.549. The van der Waals surface area contributed by atoms with Gasteiger partial charge in [-0.3, -0.25) is 4.79 Å². The zero-order chi connectivity index (χ0) is 14.0. The van der Waals surface area contributed by atoms with Crippen LogP contribution < -0.4 is 5.32 Å². The van der Waals surface area contributed by atoms with Gasteiger partial charge in [0.15, 0.2) is 0 Å². The summed E-state index contributed by atoms with van der Waals surface area (Å²) >= 11 is 0. The van der Waals surface area contributed by atoms with Crippen LogP contribution in [-0.2, 0) is 4.79 Å². The fourth-order valence-corrected chi connectivity index (χ4v) is 3.38. The number of amides is 2. The standard InChI is InChI=1S/C14H24N2O3/c1-9-4-3-5-11(8-9)15-14(19)16-7-6-12(10(16)2)13(17)18/h9-12H,3-8H2,1-2H3,(H,15,19)(H,17,18). The lowest BCUT2D eigenvalue weighted by molar-refractivity contribution is -0.142. The number of urea groups is 1. The number of carboxylic acids is 1. The Morgan fingerprint density at radius 3 is 2.53 bits per heavy atom. The van der Waals surface area contributed by atoms with E-state index >= 15 is 0 Å². The molecule has 1 aliphatic heterocycles. The van der Waals surface area contributed by atoms with Crippen molar-refractivity contribution in [1.82, 2.24) is 10.2 Å². The molecule has 2 N–H and O–H groups in total. The Morgan fingerprint density at radius 2 is 1.95 bits per heavy atom. The van der Waals surface area contributed by atoms with Crippen LogP contribution in [0.3, 0.4) is 0 Å². The molecule has 0 aromatic carbocycles. The third-order valence-corrected chi connectivity index (χ3v) is 4.60. The number of carboxylic acid groups (broad SMARTS) is 1. The number of rotatable bonds is 2. The highest BCUT2D eigenvalue weighted by Crippen LogP contribution is 2.26. The number of nitrogens with one attached hydrogen (secondary N) is 1. The molecule has 4 atom stereocenters. The number of carbonyl (C=O) groups excluding carboxylic acids is 1. The van der Waals surface area contributed by atoms with Gasteiger partial charge >= 0.3 is 12.0 Å². The average Bonchev–Trinajstić information content (AvgIpc) is 2.71. The molecule has 1 heterocycles. The molecule has 19 heavy (non-hydrogen) atoms. The fourth-order valence-electron chi connectivity index (χ4n) is 3.38. The topological polar surface area (TPSA) is 69.6 Å². The molecule has 1 aliphatic carbocycles. The number of hydrogen-bond acceptors (Lipinski definition) is 2. The van der Waals surface area contributed by atoms with Gasteiger partial charge in [-0.15, -0.1) is 0 Å². The van der Waals surface area contributed by atoms with E-state index in [1.165, 1.54) is 12.8 Å². The summed E-state index contributed by atoms with van der Waals surface area (Å²) in [6.45, 7) is 4.60. The molecule has 108 valence electrons. The highest BCUT2D eigenvalue weighted by atomic mass is 16.4. The van der Waals surface area contributed by atoms with Gasteiger partial charge in [-0.1, -0.05) is 19.8 Å². The first-order valence-electron chi connectivity index (χ1n) is 7.29. The van der Waals surface area contributed by atoms with Gasteiger partial charge in [0.25, 0.3) is 0 Å². The lowest BCUT2D eigenvalue weighted by Crippen LogP contribution is -2.48. The van der Waals surface area contributed by atoms with E-state index in [9.17, 15) is 9.59 Å². The van der Waals surface area contributed by atoms with Crippen LogP contribution in [0.1, 0.15) is 46.0 Å². The van der Waals surface area contributed by atoms with Crippen molar-refractivity contribution < 1.29 is 14.7 Å². The first-order valence-corrected chi connectivity index (χ1v) is 7.29. The lowest BCUT2D eigenvalue weighted by Gasteiger charge is -2.31. The van der Waals surface area contributed by atoms with Crippen LogP contribution in [0.5, 0.6) is 0 Å². The van der Waals surface area contributed by atoms with Gasteiger partial charge in [0.05, 0.1) is 5.92 Å². The minimum atomic E-state index is -0.797. The molecule has 0 aromatic heterocycles. The van der Waals surface area contributed by atoms with Crippen molar-refractivity contribution in [2.45, 2.75) is 58.0 Å². The normalized spacial score (nSPS) is 35.2. The minimum Gasteiger partial charge on any atom is -0.481 e. The predicted octanol–water partition coefficient (Wildman–Crippen LogP) is 2.07.